The summed E-state index contributed by atoms with van der Waals surface area (Å²) in [5, 5.41) is 0. The van der Waals surface area contributed by atoms with Crippen molar-refractivity contribution in [1.82, 2.24) is 4.90 Å². The molecule has 2 aromatic carbocycles. The summed E-state index contributed by atoms with van der Waals surface area (Å²) in [6, 6.07) is 16.9. The van der Waals surface area contributed by atoms with Gasteiger partial charge in [0.05, 0.1) is 24.5 Å². The normalized spacial score (nSPS) is 13.8. The third-order valence-electron chi connectivity index (χ3n) is 5.81. The van der Waals surface area contributed by atoms with Crippen molar-refractivity contribution in [3.05, 3.63) is 65.9 Å². The predicted molar refractivity (Wildman–Crippen MR) is 131 cm³/mol. The van der Waals surface area contributed by atoms with Crippen molar-refractivity contribution in [2.45, 2.75) is 13.8 Å². The molecule has 1 aliphatic heterocycles. The number of benzene rings is 2. The number of anilines is 2. The molecule has 1 heterocycles. The summed E-state index contributed by atoms with van der Waals surface area (Å²) < 4.78 is 10.5. The lowest BCUT2D eigenvalue weighted by Gasteiger charge is -2.26. The molecule has 2 amide bonds. The zero-order valence-corrected chi connectivity index (χ0v) is 19.9. The van der Waals surface area contributed by atoms with E-state index in [9.17, 15) is 9.59 Å². The SMILES string of the molecule is CCN(CC)c1ccc(N2C(=O)C(c3ccccc3)=C(N(CCOC)CCOC)C2=O)cc1. The molecule has 0 fully saturated rings. The van der Waals surface area contributed by atoms with Crippen LogP contribution in [0.5, 0.6) is 0 Å². The average molecular weight is 452 g/mol. The van der Waals surface area contributed by atoms with Crippen molar-refractivity contribution in [3.63, 3.8) is 0 Å². The van der Waals surface area contributed by atoms with Crippen molar-refractivity contribution in [2.24, 2.45) is 0 Å². The maximum Gasteiger partial charge on any atom is 0.282 e. The number of hydrogen-bond donors (Lipinski definition) is 0. The first-order chi connectivity index (χ1) is 16.1. The van der Waals surface area contributed by atoms with Crippen LogP contribution < -0.4 is 9.80 Å². The molecule has 0 aliphatic carbocycles. The molecular formula is C26H33N3O4. The zero-order chi connectivity index (χ0) is 23.8. The van der Waals surface area contributed by atoms with E-state index in [1.807, 2.05) is 59.5 Å². The highest BCUT2D eigenvalue weighted by atomic mass is 16.5. The van der Waals surface area contributed by atoms with Crippen LogP contribution in [0.25, 0.3) is 5.57 Å². The van der Waals surface area contributed by atoms with E-state index in [1.165, 1.54) is 4.90 Å². The van der Waals surface area contributed by atoms with Gasteiger partial charge in [-0.15, -0.1) is 0 Å². The van der Waals surface area contributed by atoms with E-state index in [-0.39, 0.29) is 11.8 Å². The van der Waals surface area contributed by atoms with Crippen molar-refractivity contribution >= 4 is 28.8 Å². The van der Waals surface area contributed by atoms with Gasteiger partial charge >= 0.3 is 0 Å². The topological polar surface area (TPSA) is 62.3 Å². The van der Waals surface area contributed by atoms with Crippen molar-refractivity contribution in [1.29, 1.82) is 0 Å². The quantitative estimate of drug-likeness (QED) is 0.461. The van der Waals surface area contributed by atoms with E-state index >= 15 is 0 Å². The Bertz CT molecular complexity index is 961. The summed E-state index contributed by atoms with van der Waals surface area (Å²) in [5.41, 5.74) is 3.12. The predicted octanol–water partition coefficient (Wildman–Crippen LogP) is 3.41. The lowest BCUT2D eigenvalue weighted by atomic mass is 10.0. The van der Waals surface area contributed by atoms with Crippen LogP contribution in [0.2, 0.25) is 0 Å². The minimum atomic E-state index is -0.332. The smallest absolute Gasteiger partial charge is 0.282 e. The van der Waals surface area contributed by atoms with Crippen molar-refractivity contribution in [3.8, 4) is 0 Å². The molecule has 0 atom stereocenters. The summed E-state index contributed by atoms with van der Waals surface area (Å²) in [6.45, 7) is 7.76. The van der Waals surface area contributed by atoms with Crippen LogP contribution in [0.15, 0.2) is 60.3 Å². The van der Waals surface area contributed by atoms with Gasteiger partial charge in [-0.3, -0.25) is 9.59 Å². The highest BCUT2D eigenvalue weighted by molar-refractivity contribution is 6.45. The van der Waals surface area contributed by atoms with Gasteiger partial charge in [0.25, 0.3) is 11.8 Å². The molecular weight excluding hydrogens is 418 g/mol. The summed E-state index contributed by atoms with van der Waals surface area (Å²) in [4.78, 5) is 32.7. The van der Waals surface area contributed by atoms with Gasteiger partial charge < -0.3 is 19.3 Å². The van der Waals surface area contributed by atoms with E-state index in [4.69, 9.17) is 9.47 Å². The molecule has 0 unspecified atom stereocenters. The number of rotatable bonds is 12. The molecule has 3 rings (SSSR count). The van der Waals surface area contributed by atoms with Crippen LogP contribution in [-0.2, 0) is 19.1 Å². The van der Waals surface area contributed by atoms with Crippen LogP contribution >= 0.6 is 0 Å². The number of carbonyl (C=O) groups is 2. The summed E-state index contributed by atoms with van der Waals surface area (Å²) >= 11 is 0. The van der Waals surface area contributed by atoms with Gasteiger partial charge in [0, 0.05) is 46.1 Å². The van der Waals surface area contributed by atoms with Crippen LogP contribution in [0.1, 0.15) is 19.4 Å². The second-order valence-electron chi connectivity index (χ2n) is 7.70. The third kappa shape index (κ3) is 5.26. The maximum absolute atomic E-state index is 13.7. The van der Waals surface area contributed by atoms with E-state index in [2.05, 4.69) is 18.7 Å². The molecule has 2 aromatic rings. The van der Waals surface area contributed by atoms with Gasteiger partial charge in [0.15, 0.2) is 0 Å². The molecule has 0 bridgehead atoms. The molecule has 0 aromatic heterocycles. The third-order valence-corrected chi connectivity index (χ3v) is 5.81. The molecule has 0 saturated heterocycles. The van der Waals surface area contributed by atoms with Gasteiger partial charge in [-0.1, -0.05) is 30.3 Å². The Morgan fingerprint density at radius 1 is 0.758 bits per heavy atom. The molecule has 1 aliphatic rings. The second kappa shape index (κ2) is 11.6. The number of carbonyl (C=O) groups excluding carboxylic acids is 2. The Hall–Kier alpha value is -3.16. The van der Waals surface area contributed by atoms with Gasteiger partial charge in [0.1, 0.15) is 5.70 Å². The van der Waals surface area contributed by atoms with Gasteiger partial charge in [-0.05, 0) is 43.7 Å². The van der Waals surface area contributed by atoms with Crippen molar-refractivity contribution in [2.75, 3.05) is 63.4 Å². The van der Waals surface area contributed by atoms with Crippen molar-refractivity contribution < 1.29 is 19.1 Å². The van der Waals surface area contributed by atoms with Crippen LogP contribution in [0.3, 0.4) is 0 Å². The first-order valence-corrected chi connectivity index (χ1v) is 11.3. The minimum Gasteiger partial charge on any atom is -0.383 e. The Morgan fingerprint density at radius 3 is 1.85 bits per heavy atom. The first-order valence-electron chi connectivity index (χ1n) is 11.3. The molecule has 7 heteroatoms. The summed E-state index contributed by atoms with van der Waals surface area (Å²) in [6.07, 6.45) is 0. The van der Waals surface area contributed by atoms with E-state index in [0.29, 0.717) is 48.8 Å². The molecule has 176 valence electrons. The highest BCUT2D eigenvalue weighted by Crippen LogP contribution is 2.35. The van der Waals surface area contributed by atoms with E-state index in [1.54, 1.807) is 14.2 Å². The lowest BCUT2D eigenvalue weighted by molar-refractivity contribution is -0.120. The molecule has 7 nitrogen and oxygen atoms in total. The molecule has 0 saturated carbocycles. The summed E-state index contributed by atoms with van der Waals surface area (Å²) in [5.74, 6) is -0.654. The van der Waals surface area contributed by atoms with E-state index in [0.717, 1.165) is 18.8 Å². The monoisotopic (exact) mass is 451 g/mol. The Balaban J connectivity index is 2.04. The fraction of sp³-hybridized carbons (Fsp3) is 0.385. The standard InChI is InChI=1S/C26H33N3O4/c1-5-27(6-2)21-12-14-22(15-13-21)29-25(30)23(20-10-8-7-9-11-20)24(26(29)31)28(16-18-32-3)17-19-33-4/h7-15H,5-6,16-19H2,1-4H3. The highest BCUT2D eigenvalue weighted by Gasteiger charge is 2.42. The molecule has 0 spiro atoms. The zero-order valence-electron chi connectivity index (χ0n) is 19.9. The Kier molecular flexibility index (Phi) is 8.63. The Labute approximate surface area is 196 Å². The van der Waals surface area contributed by atoms with Gasteiger partial charge in [-0.2, -0.15) is 0 Å². The first kappa shape index (κ1) is 24.5. The number of imide groups is 1. The molecule has 0 radical (unpaired) electrons. The Morgan fingerprint density at radius 2 is 1.33 bits per heavy atom. The number of amides is 2. The number of hydrogen-bond acceptors (Lipinski definition) is 6. The van der Waals surface area contributed by atoms with Crippen LogP contribution in [-0.4, -0.2) is 70.3 Å². The van der Waals surface area contributed by atoms with Gasteiger partial charge in [0.2, 0.25) is 0 Å². The maximum atomic E-state index is 13.7. The number of methoxy groups -OCH3 is 2. The van der Waals surface area contributed by atoms with Crippen LogP contribution in [0.4, 0.5) is 11.4 Å². The minimum absolute atomic E-state index is 0.323. The van der Waals surface area contributed by atoms with Crippen LogP contribution in [0, 0.1) is 0 Å². The number of nitrogens with zero attached hydrogens (tertiary/aromatic N) is 3. The second-order valence-corrected chi connectivity index (χ2v) is 7.70. The molecule has 0 N–H and O–H groups in total. The van der Waals surface area contributed by atoms with Gasteiger partial charge in [-0.25, -0.2) is 4.90 Å². The summed E-state index contributed by atoms with van der Waals surface area (Å²) in [7, 11) is 3.23. The fourth-order valence-electron chi connectivity index (χ4n) is 4.05. The lowest BCUT2D eigenvalue weighted by Crippen LogP contribution is -2.37. The molecule has 33 heavy (non-hydrogen) atoms. The average Bonchev–Trinajstić information content (AvgIpc) is 3.11. The fourth-order valence-corrected chi connectivity index (χ4v) is 4.05. The number of ether oxygens (including phenoxy) is 2. The largest absolute Gasteiger partial charge is 0.383 e. The van der Waals surface area contributed by atoms with E-state index < -0.39 is 0 Å².